The van der Waals surface area contributed by atoms with E-state index in [9.17, 15) is 5.11 Å². The summed E-state index contributed by atoms with van der Waals surface area (Å²) in [4.78, 5) is 4.28. The fraction of sp³-hybridized carbons (Fsp3) is 0.235. The van der Waals surface area contributed by atoms with Gasteiger partial charge in [-0.2, -0.15) is 0 Å². The van der Waals surface area contributed by atoms with Crippen molar-refractivity contribution in [3.8, 4) is 17.2 Å². The molecule has 0 saturated heterocycles. The van der Waals surface area contributed by atoms with Gasteiger partial charge >= 0.3 is 0 Å². The predicted molar refractivity (Wildman–Crippen MR) is 107 cm³/mol. The van der Waals surface area contributed by atoms with Gasteiger partial charge in [-0.25, -0.2) is 0 Å². The molecule has 2 rings (SSSR count). The molecular formula is C17H22IN3O3. The molecule has 0 aliphatic heterocycles. The topological polar surface area (TPSA) is 89.1 Å². The molecule has 0 spiro atoms. The number of hydrogen-bond donors (Lipinski definition) is 3. The molecule has 0 heterocycles. The second kappa shape index (κ2) is 9.86. The molecule has 4 N–H and O–H groups in total. The number of halogens is 1. The van der Waals surface area contributed by atoms with E-state index in [1.807, 2.05) is 6.07 Å². The number of rotatable bonds is 6. The lowest BCUT2D eigenvalue weighted by Gasteiger charge is -2.12. The first-order valence-corrected chi connectivity index (χ1v) is 7.19. The van der Waals surface area contributed by atoms with Gasteiger partial charge in [-0.15, -0.1) is 24.0 Å². The molecule has 0 unspecified atom stereocenters. The van der Waals surface area contributed by atoms with E-state index >= 15 is 0 Å². The van der Waals surface area contributed by atoms with E-state index < -0.39 is 0 Å². The Bertz CT molecular complexity index is 693. The van der Waals surface area contributed by atoms with E-state index in [-0.39, 0.29) is 35.7 Å². The van der Waals surface area contributed by atoms with E-state index in [0.717, 1.165) is 5.56 Å². The molecule has 0 bridgehead atoms. The minimum atomic E-state index is 0. The van der Waals surface area contributed by atoms with Crippen LogP contribution in [-0.4, -0.2) is 31.8 Å². The monoisotopic (exact) mass is 443 g/mol. The lowest BCUT2D eigenvalue weighted by atomic mass is 10.1. The molecule has 0 aliphatic carbocycles. The van der Waals surface area contributed by atoms with Crippen LogP contribution in [0.3, 0.4) is 0 Å². The van der Waals surface area contributed by atoms with Gasteiger partial charge in [0.1, 0.15) is 17.2 Å². The Morgan fingerprint density at radius 2 is 1.96 bits per heavy atom. The third kappa shape index (κ3) is 5.80. The molecule has 7 heteroatoms. The highest BCUT2D eigenvalue weighted by Gasteiger charge is 2.06. The van der Waals surface area contributed by atoms with Gasteiger partial charge in [-0.05, 0) is 36.2 Å². The van der Waals surface area contributed by atoms with Gasteiger partial charge in [0, 0.05) is 12.6 Å². The van der Waals surface area contributed by atoms with Crippen LogP contribution in [-0.2, 0) is 6.42 Å². The second-order valence-corrected chi connectivity index (χ2v) is 4.88. The van der Waals surface area contributed by atoms with Crippen molar-refractivity contribution in [1.82, 2.24) is 0 Å². The number of aromatic hydroxyl groups is 1. The lowest BCUT2D eigenvalue weighted by Crippen LogP contribution is -2.23. The molecule has 0 aromatic heterocycles. The second-order valence-electron chi connectivity index (χ2n) is 4.88. The number of ether oxygens (including phenoxy) is 2. The summed E-state index contributed by atoms with van der Waals surface area (Å²) in [6, 6.07) is 12.5. The van der Waals surface area contributed by atoms with Crippen LogP contribution in [0.15, 0.2) is 47.5 Å². The van der Waals surface area contributed by atoms with Crippen LogP contribution >= 0.6 is 24.0 Å². The number of benzene rings is 2. The predicted octanol–water partition coefficient (Wildman–Crippen LogP) is 3.00. The zero-order valence-corrected chi connectivity index (χ0v) is 16.0. The average Bonchev–Trinajstić information content (AvgIpc) is 2.55. The Morgan fingerprint density at radius 1 is 1.17 bits per heavy atom. The van der Waals surface area contributed by atoms with E-state index in [4.69, 9.17) is 15.2 Å². The maximum Gasteiger partial charge on any atom is 0.193 e. The molecule has 0 atom stereocenters. The quantitative estimate of drug-likeness (QED) is 0.363. The van der Waals surface area contributed by atoms with Crippen molar-refractivity contribution < 1.29 is 14.6 Å². The molecule has 0 saturated carbocycles. The van der Waals surface area contributed by atoms with Gasteiger partial charge in [0.05, 0.1) is 19.9 Å². The van der Waals surface area contributed by atoms with E-state index in [0.29, 0.717) is 30.2 Å². The first kappa shape index (κ1) is 19.9. The van der Waals surface area contributed by atoms with Crippen molar-refractivity contribution in [1.29, 1.82) is 0 Å². The average molecular weight is 443 g/mol. The van der Waals surface area contributed by atoms with Crippen LogP contribution in [0.2, 0.25) is 0 Å². The fourth-order valence-electron chi connectivity index (χ4n) is 2.11. The molecule has 2 aromatic carbocycles. The van der Waals surface area contributed by atoms with Crippen molar-refractivity contribution in [2.24, 2.45) is 10.7 Å². The Balaban J connectivity index is 0.00000288. The molecule has 0 aliphatic rings. The first-order valence-electron chi connectivity index (χ1n) is 7.19. The minimum absolute atomic E-state index is 0. The molecule has 6 nitrogen and oxygen atoms in total. The molecule has 130 valence electrons. The van der Waals surface area contributed by atoms with E-state index in [2.05, 4.69) is 10.3 Å². The van der Waals surface area contributed by atoms with Gasteiger partial charge in [0.15, 0.2) is 5.96 Å². The number of guanidine groups is 1. The number of hydrogen-bond acceptors (Lipinski definition) is 4. The summed E-state index contributed by atoms with van der Waals surface area (Å²) in [5, 5.41) is 12.4. The van der Waals surface area contributed by atoms with Crippen molar-refractivity contribution >= 4 is 35.6 Å². The lowest BCUT2D eigenvalue weighted by molar-refractivity contribution is 0.405. The van der Waals surface area contributed by atoms with Crippen LogP contribution in [0.1, 0.15) is 5.56 Å². The summed E-state index contributed by atoms with van der Waals surface area (Å²) < 4.78 is 10.5. The number of phenols is 1. The smallest absolute Gasteiger partial charge is 0.193 e. The third-order valence-corrected chi connectivity index (χ3v) is 3.26. The number of nitrogens with zero attached hydrogens (tertiary/aromatic N) is 1. The molecular weight excluding hydrogens is 421 g/mol. The van der Waals surface area contributed by atoms with Gasteiger partial charge < -0.3 is 25.6 Å². The van der Waals surface area contributed by atoms with Gasteiger partial charge in [-0.1, -0.05) is 12.1 Å². The minimum Gasteiger partial charge on any atom is -0.508 e. The standard InChI is InChI=1S/C17H21N3O3.HI/c1-22-14-6-7-16(23-2)15(11-14)20-17(18)19-9-8-12-4-3-5-13(21)10-12;/h3-7,10-11,21H,8-9H2,1-2H3,(H3,18,19,20);1H. The van der Waals surface area contributed by atoms with Gasteiger partial charge in [-0.3, -0.25) is 4.99 Å². The van der Waals surface area contributed by atoms with Gasteiger partial charge in [0.2, 0.25) is 0 Å². The summed E-state index contributed by atoms with van der Waals surface area (Å²) in [5.74, 6) is 1.88. The summed E-state index contributed by atoms with van der Waals surface area (Å²) in [6.07, 6.45) is 0.687. The third-order valence-electron chi connectivity index (χ3n) is 3.26. The van der Waals surface area contributed by atoms with Crippen molar-refractivity contribution in [3.63, 3.8) is 0 Å². The fourth-order valence-corrected chi connectivity index (χ4v) is 2.11. The number of anilines is 1. The highest BCUT2D eigenvalue weighted by atomic mass is 127. The maximum absolute atomic E-state index is 9.42. The van der Waals surface area contributed by atoms with E-state index in [1.165, 1.54) is 0 Å². The van der Waals surface area contributed by atoms with Crippen LogP contribution in [0.5, 0.6) is 17.2 Å². The largest absolute Gasteiger partial charge is 0.508 e. The Morgan fingerprint density at radius 3 is 2.62 bits per heavy atom. The highest BCUT2D eigenvalue weighted by molar-refractivity contribution is 14.0. The summed E-state index contributed by atoms with van der Waals surface area (Å²) in [7, 11) is 3.18. The molecule has 0 amide bonds. The number of phenolic OH excluding ortho intramolecular Hbond substituents is 1. The molecule has 2 aromatic rings. The van der Waals surface area contributed by atoms with Crippen LogP contribution in [0, 0.1) is 0 Å². The molecule has 0 radical (unpaired) electrons. The maximum atomic E-state index is 9.42. The number of nitrogens with one attached hydrogen (secondary N) is 1. The van der Waals surface area contributed by atoms with Crippen molar-refractivity contribution in [2.45, 2.75) is 6.42 Å². The summed E-state index contributed by atoms with van der Waals surface area (Å²) in [5.41, 5.74) is 7.59. The molecule has 0 fully saturated rings. The number of aliphatic imine (C=N–C) groups is 1. The SMILES string of the molecule is COc1ccc(OC)c(NC(N)=NCCc2cccc(O)c2)c1.I. The number of nitrogens with two attached hydrogens (primary N) is 1. The summed E-state index contributed by atoms with van der Waals surface area (Å²) >= 11 is 0. The molecule has 24 heavy (non-hydrogen) atoms. The normalized spacial score (nSPS) is 10.7. The highest BCUT2D eigenvalue weighted by Crippen LogP contribution is 2.28. The van der Waals surface area contributed by atoms with Crippen molar-refractivity contribution in [3.05, 3.63) is 48.0 Å². The Hall–Kier alpha value is -2.16. The van der Waals surface area contributed by atoms with Crippen LogP contribution in [0.4, 0.5) is 5.69 Å². The van der Waals surface area contributed by atoms with Crippen LogP contribution in [0.25, 0.3) is 0 Å². The summed E-state index contributed by atoms with van der Waals surface area (Å²) in [6.45, 7) is 0.509. The zero-order valence-electron chi connectivity index (χ0n) is 13.7. The van der Waals surface area contributed by atoms with Crippen molar-refractivity contribution in [2.75, 3.05) is 26.1 Å². The first-order chi connectivity index (χ1) is 11.1. The number of methoxy groups -OCH3 is 2. The Labute approximate surface area is 158 Å². The Kier molecular flexibility index (Phi) is 8.17. The van der Waals surface area contributed by atoms with E-state index in [1.54, 1.807) is 50.6 Å². The van der Waals surface area contributed by atoms with Crippen LogP contribution < -0.4 is 20.5 Å². The van der Waals surface area contributed by atoms with Gasteiger partial charge in [0.25, 0.3) is 0 Å². The zero-order chi connectivity index (χ0) is 16.7.